The summed E-state index contributed by atoms with van der Waals surface area (Å²) in [6.45, 7) is 0. The lowest BCUT2D eigenvalue weighted by atomic mass is 10.2. The summed E-state index contributed by atoms with van der Waals surface area (Å²) in [4.78, 5) is 4.07. The van der Waals surface area contributed by atoms with E-state index in [0.29, 0.717) is 16.8 Å². The molecule has 2 N–H and O–H groups in total. The molecule has 19 heavy (non-hydrogen) atoms. The van der Waals surface area contributed by atoms with Crippen molar-refractivity contribution >= 4 is 28.4 Å². The van der Waals surface area contributed by atoms with E-state index in [2.05, 4.69) is 4.98 Å². The van der Waals surface area contributed by atoms with Crippen LogP contribution in [0.1, 0.15) is 0 Å². The molecule has 0 aliphatic heterocycles. The van der Waals surface area contributed by atoms with Crippen molar-refractivity contribution in [2.45, 2.75) is 0 Å². The number of rotatable bonds is 1. The molecule has 0 spiro atoms. The zero-order chi connectivity index (χ0) is 13.6. The first kappa shape index (κ1) is 11.9. The normalized spacial score (nSPS) is 11.1. The average Bonchev–Trinajstić information content (AvgIpc) is 2.79. The van der Waals surface area contributed by atoms with Crippen LogP contribution < -0.4 is 5.73 Å². The molecule has 0 amide bonds. The van der Waals surface area contributed by atoms with Gasteiger partial charge in [0.05, 0.1) is 16.3 Å². The van der Waals surface area contributed by atoms with Gasteiger partial charge in [-0.05, 0) is 24.3 Å². The number of hydrogen-bond donors (Lipinski definition) is 1. The van der Waals surface area contributed by atoms with Gasteiger partial charge in [0.1, 0.15) is 17.2 Å². The minimum atomic E-state index is -0.742. The second kappa shape index (κ2) is 4.20. The van der Waals surface area contributed by atoms with Crippen molar-refractivity contribution in [1.82, 2.24) is 4.98 Å². The van der Waals surface area contributed by atoms with Gasteiger partial charge in [-0.3, -0.25) is 0 Å². The number of aromatic nitrogens is 1. The standard InChI is InChI=1S/C13H7ClF2N2O/c14-7-5-8(15)6(4-9(7)16)13-18-12-10(17)2-1-3-11(12)19-13/h1-5H,17H2. The third kappa shape index (κ3) is 1.92. The fraction of sp³-hybridized carbons (Fsp3) is 0. The molecule has 3 rings (SSSR count). The molecule has 1 aromatic heterocycles. The van der Waals surface area contributed by atoms with E-state index in [-0.39, 0.29) is 16.5 Å². The number of halogens is 3. The molecule has 1 heterocycles. The monoisotopic (exact) mass is 280 g/mol. The number of nitrogens with two attached hydrogens (primary N) is 1. The summed E-state index contributed by atoms with van der Waals surface area (Å²) < 4.78 is 32.5. The van der Waals surface area contributed by atoms with E-state index in [9.17, 15) is 8.78 Å². The zero-order valence-corrected chi connectivity index (χ0v) is 10.2. The van der Waals surface area contributed by atoms with Gasteiger partial charge in [-0.25, -0.2) is 13.8 Å². The molecule has 3 aromatic rings. The highest BCUT2D eigenvalue weighted by Crippen LogP contribution is 2.31. The van der Waals surface area contributed by atoms with E-state index in [0.717, 1.165) is 12.1 Å². The number of nitrogen functional groups attached to an aromatic ring is 1. The van der Waals surface area contributed by atoms with Crippen LogP contribution in [0.15, 0.2) is 34.7 Å². The van der Waals surface area contributed by atoms with Crippen LogP contribution in [-0.4, -0.2) is 4.98 Å². The van der Waals surface area contributed by atoms with E-state index in [4.69, 9.17) is 21.8 Å². The second-order valence-electron chi connectivity index (χ2n) is 3.96. The maximum Gasteiger partial charge on any atom is 0.230 e. The maximum absolute atomic E-state index is 13.8. The van der Waals surface area contributed by atoms with Gasteiger partial charge in [-0.1, -0.05) is 17.7 Å². The van der Waals surface area contributed by atoms with Crippen molar-refractivity contribution < 1.29 is 13.2 Å². The number of hydrogen-bond acceptors (Lipinski definition) is 3. The van der Waals surface area contributed by atoms with E-state index >= 15 is 0 Å². The number of oxazole rings is 1. The summed E-state index contributed by atoms with van der Waals surface area (Å²) in [5, 5.41) is -0.295. The minimum absolute atomic E-state index is 0.0408. The van der Waals surface area contributed by atoms with Crippen molar-refractivity contribution in [3.63, 3.8) is 0 Å². The Morgan fingerprint density at radius 3 is 2.68 bits per heavy atom. The second-order valence-corrected chi connectivity index (χ2v) is 4.37. The maximum atomic E-state index is 13.8. The highest BCUT2D eigenvalue weighted by Gasteiger charge is 2.16. The van der Waals surface area contributed by atoms with Gasteiger partial charge in [0, 0.05) is 0 Å². The van der Waals surface area contributed by atoms with Gasteiger partial charge in [0.2, 0.25) is 5.89 Å². The first-order valence-corrected chi connectivity index (χ1v) is 5.74. The molecule has 0 unspecified atom stereocenters. The van der Waals surface area contributed by atoms with Crippen LogP contribution in [0, 0.1) is 11.6 Å². The van der Waals surface area contributed by atoms with E-state index in [1.54, 1.807) is 18.2 Å². The fourth-order valence-corrected chi connectivity index (χ4v) is 1.92. The first-order chi connectivity index (χ1) is 9.06. The van der Waals surface area contributed by atoms with Gasteiger partial charge in [0.25, 0.3) is 0 Å². The van der Waals surface area contributed by atoms with Gasteiger partial charge in [-0.2, -0.15) is 0 Å². The molecular formula is C13H7ClF2N2O. The Labute approximate surface area is 111 Å². The predicted octanol–water partition coefficient (Wildman–Crippen LogP) is 4.01. The largest absolute Gasteiger partial charge is 0.436 e. The van der Waals surface area contributed by atoms with Crippen LogP contribution in [0.3, 0.4) is 0 Å². The quantitative estimate of drug-likeness (QED) is 0.541. The SMILES string of the molecule is Nc1cccc2oc(-c3cc(F)c(Cl)cc3F)nc12. The topological polar surface area (TPSA) is 52.0 Å². The third-order valence-corrected chi connectivity index (χ3v) is 2.98. The summed E-state index contributed by atoms with van der Waals surface area (Å²) in [6.07, 6.45) is 0. The van der Waals surface area contributed by atoms with Crippen LogP contribution >= 0.6 is 11.6 Å². The highest BCUT2D eigenvalue weighted by atomic mass is 35.5. The zero-order valence-electron chi connectivity index (χ0n) is 9.45. The molecule has 6 heteroatoms. The molecule has 0 aliphatic rings. The van der Waals surface area contributed by atoms with E-state index in [1.165, 1.54) is 0 Å². The van der Waals surface area contributed by atoms with Crippen molar-refractivity contribution in [1.29, 1.82) is 0 Å². The molecule has 0 fully saturated rings. The molecule has 0 bridgehead atoms. The van der Waals surface area contributed by atoms with Crippen LogP contribution in [0.5, 0.6) is 0 Å². The summed E-state index contributed by atoms with van der Waals surface area (Å²) in [6, 6.07) is 6.80. The van der Waals surface area contributed by atoms with Crippen LogP contribution in [0.25, 0.3) is 22.6 Å². The number of fused-ring (bicyclic) bond motifs is 1. The molecule has 0 atom stereocenters. The van der Waals surface area contributed by atoms with Gasteiger partial charge >= 0.3 is 0 Å². The molecule has 0 saturated carbocycles. The van der Waals surface area contributed by atoms with Gasteiger partial charge in [0.15, 0.2) is 5.58 Å². The molecule has 2 aromatic carbocycles. The Bertz CT molecular complexity index is 786. The Morgan fingerprint density at radius 2 is 1.95 bits per heavy atom. The molecule has 96 valence electrons. The smallest absolute Gasteiger partial charge is 0.230 e. The summed E-state index contributed by atoms with van der Waals surface area (Å²) in [5.41, 5.74) is 6.85. The van der Waals surface area contributed by atoms with E-state index < -0.39 is 11.6 Å². The first-order valence-electron chi connectivity index (χ1n) is 5.36. The summed E-state index contributed by atoms with van der Waals surface area (Å²) in [7, 11) is 0. The molecule has 0 aliphatic carbocycles. The van der Waals surface area contributed by atoms with Crippen molar-refractivity contribution in [2.75, 3.05) is 5.73 Å². The third-order valence-electron chi connectivity index (χ3n) is 2.69. The molecule has 0 saturated heterocycles. The lowest BCUT2D eigenvalue weighted by molar-refractivity contribution is 0.580. The lowest BCUT2D eigenvalue weighted by Gasteiger charge is -2.00. The number of nitrogens with zero attached hydrogens (tertiary/aromatic N) is 1. The van der Waals surface area contributed by atoms with Crippen LogP contribution in [-0.2, 0) is 0 Å². The summed E-state index contributed by atoms with van der Waals surface area (Å²) in [5.74, 6) is -1.49. The molecule has 3 nitrogen and oxygen atoms in total. The predicted molar refractivity (Wildman–Crippen MR) is 68.8 cm³/mol. The number of anilines is 1. The Morgan fingerprint density at radius 1 is 1.16 bits per heavy atom. The lowest BCUT2D eigenvalue weighted by Crippen LogP contribution is -1.89. The Balaban J connectivity index is 2.25. The van der Waals surface area contributed by atoms with Crippen LogP contribution in [0.4, 0.5) is 14.5 Å². The fourth-order valence-electron chi connectivity index (χ4n) is 1.77. The Hall–Kier alpha value is -2.14. The average molecular weight is 281 g/mol. The molecule has 0 radical (unpaired) electrons. The van der Waals surface area contributed by atoms with Crippen LogP contribution in [0.2, 0.25) is 5.02 Å². The van der Waals surface area contributed by atoms with Crippen molar-refractivity contribution in [3.8, 4) is 11.5 Å². The van der Waals surface area contributed by atoms with Gasteiger partial charge in [-0.15, -0.1) is 0 Å². The molecular weight excluding hydrogens is 274 g/mol. The number of benzene rings is 2. The number of para-hydroxylation sites is 1. The van der Waals surface area contributed by atoms with Gasteiger partial charge < -0.3 is 10.2 Å². The summed E-state index contributed by atoms with van der Waals surface area (Å²) >= 11 is 5.49. The van der Waals surface area contributed by atoms with E-state index in [1.807, 2.05) is 0 Å². The highest BCUT2D eigenvalue weighted by molar-refractivity contribution is 6.30. The Kier molecular flexibility index (Phi) is 2.64. The van der Waals surface area contributed by atoms with Crippen molar-refractivity contribution in [2.24, 2.45) is 0 Å². The van der Waals surface area contributed by atoms with Crippen molar-refractivity contribution in [3.05, 3.63) is 47.0 Å². The minimum Gasteiger partial charge on any atom is -0.436 e.